The van der Waals surface area contributed by atoms with Crippen molar-refractivity contribution in [2.24, 2.45) is 11.8 Å². The fourth-order valence-corrected chi connectivity index (χ4v) is 5.39. The van der Waals surface area contributed by atoms with Crippen LogP contribution in [0.2, 0.25) is 0 Å². The Morgan fingerprint density at radius 2 is 1.93 bits per heavy atom. The van der Waals surface area contributed by atoms with Gasteiger partial charge in [-0.1, -0.05) is 68.4 Å². The molecule has 0 saturated carbocycles. The van der Waals surface area contributed by atoms with Crippen molar-refractivity contribution in [3.8, 4) is 0 Å². The summed E-state index contributed by atoms with van der Waals surface area (Å²) in [6.45, 7) is 10.8. The van der Waals surface area contributed by atoms with Crippen molar-refractivity contribution in [3.63, 3.8) is 0 Å². The number of allylic oxidation sites excluding steroid dienone is 8. The standard InChI is InChI=1S/C33H44F7NO2/c1-4-9-29(13-8-12-28(34)5-2)41-21-23(3)16-25-11-7-15-31(43-22-25)20-30(42)14-6-10-24-17-26(32(35,36)37)19-27(18-24)33(38,39)40/h5,8,12-13,17,19,25,27,29,31,41H,2-4,6-7,9-11,14-16,18,20-22H2,1H3/b13-8+,28-12+. The van der Waals surface area contributed by atoms with Crippen LogP contribution in [0.15, 0.2) is 72.2 Å². The fraction of sp³-hybridized carbons (Fsp3) is 0.606. The number of ether oxygens (including phenoxy) is 1. The molecule has 2 rings (SSSR count). The molecule has 1 N–H and O–H groups in total. The number of alkyl halides is 6. The number of Topliss-reactive ketones (excluding diaryl/α,β-unsaturated/α-hetero) is 1. The van der Waals surface area contributed by atoms with Crippen LogP contribution in [-0.4, -0.2) is 43.4 Å². The first-order chi connectivity index (χ1) is 20.2. The van der Waals surface area contributed by atoms with Crippen LogP contribution in [0.5, 0.6) is 0 Å². The Morgan fingerprint density at radius 1 is 1.19 bits per heavy atom. The van der Waals surface area contributed by atoms with Crippen molar-refractivity contribution in [3.05, 3.63) is 72.2 Å². The lowest BCUT2D eigenvalue weighted by Gasteiger charge is -2.25. The molecule has 1 aliphatic carbocycles. The van der Waals surface area contributed by atoms with Gasteiger partial charge in [-0.3, -0.25) is 4.79 Å². The highest BCUT2D eigenvalue weighted by Gasteiger charge is 2.43. The van der Waals surface area contributed by atoms with Gasteiger partial charge < -0.3 is 10.1 Å². The molecule has 43 heavy (non-hydrogen) atoms. The summed E-state index contributed by atoms with van der Waals surface area (Å²) in [5.41, 5.74) is -0.198. The normalized spacial score (nSPS) is 23.0. The highest BCUT2D eigenvalue weighted by Crippen LogP contribution is 2.41. The van der Waals surface area contributed by atoms with Gasteiger partial charge in [0.25, 0.3) is 0 Å². The van der Waals surface area contributed by atoms with Gasteiger partial charge in [0.2, 0.25) is 0 Å². The van der Waals surface area contributed by atoms with E-state index in [0.717, 1.165) is 49.8 Å². The van der Waals surface area contributed by atoms with Crippen molar-refractivity contribution in [1.82, 2.24) is 5.32 Å². The lowest BCUT2D eigenvalue weighted by molar-refractivity contribution is -0.162. The highest BCUT2D eigenvalue weighted by molar-refractivity contribution is 5.78. The van der Waals surface area contributed by atoms with Crippen LogP contribution in [0.1, 0.15) is 77.6 Å². The Morgan fingerprint density at radius 3 is 2.58 bits per heavy atom. The van der Waals surface area contributed by atoms with Gasteiger partial charge in [-0.05, 0) is 63.0 Å². The predicted molar refractivity (Wildman–Crippen MR) is 156 cm³/mol. The van der Waals surface area contributed by atoms with E-state index in [0.29, 0.717) is 19.6 Å². The minimum Gasteiger partial charge on any atom is -0.377 e. The first-order valence-corrected chi connectivity index (χ1v) is 15.0. The van der Waals surface area contributed by atoms with E-state index >= 15 is 0 Å². The lowest BCUT2D eigenvalue weighted by atomic mass is 9.87. The average Bonchev–Trinajstić information content (AvgIpc) is 3.15. The molecule has 1 fully saturated rings. The summed E-state index contributed by atoms with van der Waals surface area (Å²) in [4.78, 5) is 12.6. The zero-order chi connectivity index (χ0) is 32.0. The molecule has 2 aliphatic rings. The number of rotatable bonds is 16. The van der Waals surface area contributed by atoms with Crippen molar-refractivity contribution in [1.29, 1.82) is 0 Å². The molecular formula is C33H44F7NO2. The van der Waals surface area contributed by atoms with E-state index in [-0.39, 0.29) is 61.2 Å². The van der Waals surface area contributed by atoms with E-state index < -0.39 is 36.1 Å². The van der Waals surface area contributed by atoms with Gasteiger partial charge in [0, 0.05) is 25.4 Å². The van der Waals surface area contributed by atoms with Gasteiger partial charge >= 0.3 is 12.4 Å². The molecule has 0 spiro atoms. The van der Waals surface area contributed by atoms with Crippen LogP contribution >= 0.6 is 0 Å². The molecule has 1 saturated heterocycles. The summed E-state index contributed by atoms with van der Waals surface area (Å²) >= 11 is 0. The van der Waals surface area contributed by atoms with Gasteiger partial charge in [0.1, 0.15) is 11.6 Å². The van der Waals surface area contributed by atoms with Gasteiger partial charge in [-0.15, -0.1) is 0 Å². The summed E-state index contributed by atoms with van der Waals surface area (Å²) in [5.74, 6) is -2.42. The average molecular weight is 620 g/mol. The zero-order valence-corrected chi connectivity index (χ0v) is 24.8. The van der Waals surface area contributed by atoms with Crippen molar-refractivity contribution >= 4 is 5.78 Å². The fourth-order valence-electron chi connectivity index (χ4n) is 5.39. The maximum atomic E-state index is 13.2. The largest absolute Gasteiger partial charge is 0.416 e. The minimum absolute atomic E-state index is 0.00675. The second kappa shape index (κ2) is 17.7. The van der Waals surface area contributed by atoms with E-state index in [1.165, 1.54) is 6.08 Å². The van der Waals surface area contributed by atoms with Crippen LogP contribution in [0, 0.1) is 11.8 Å². The van der Waals surface area contributed by atoms with Crippen LogP contribution < -0.4 is 5.32 Å². The first kappa shape index (κ1) is 36.7. The number of hydrogen-bond acceptors (Lipinski definition) is 3. The number of nitrogens with one attached hydrogen (secondary N) is 1. The second-order valence-electron chi connectivity index (χ2n) is 11.5. The molecule has 1 heterocycles. The van der Waals surface area contributed by atoms with Crippen molar-refractivity contribution in [2.45, 2.75) is 102 Å². The van der Waals surface area contributed by atoms with Gasteiger partial charge in [0.15, 0.2) is 0 Å². The third-order valence-corrected chi connectivity index (χ3v) is 7.67. The van der Waals surface area contributed by atoms with E-state index in [1.54, 1.807) is 6.08 Å². The van der Waals surface area contributed by atoms with Gasteiger partial charge in [-0.2, -0.15) is 26.3 Å². The maximum Gasteiger partial charge on any atom is 0.416 e. The van der Waals surface area contributed by atoms with Crippen LogP contribution in [-0.2, 0) is 9.53 Å². The maximum absolute atomic E-state index is 13.2. The Bertz CT molecular complexity index is 1050. The smallest absolute Gasteiger partial charge is 0.377 e. The number of halogens is 7. The molecule has 0 aromatic rings. The molecule has 0 bridgehead atoms. The number of hydrogen-bond donors (Lipinski definition) is 1. The summed E-state index contributed by atoms with van der Waals surface area (Å²) in [6, 6.07) is 0.0833. The third kappa shape index (κ3) is 14.2. The monoisotopic (exact) mass is 619 g/mol. The van der Waals surface area contributed by atoms with Crippen LogP contribution in [0.3, 0.4) is 0 Å². The van der Waals surface area contributed by atoms with Gasteiger partial charge in [-0.25, -0.2) is 4.39 Å². The van der Waals surface area contributed by atoms with E-state index in [2.05, 4.69) is 25.4 Å². The minimum atomic E-state index is -4.86. The van der Waals surface area contributed by atoms with E-state index in [9.17, 15) is 35.5 Å². The summed E-state index contributed by atoms with van der Waals surface area (Å²) in [5, 5.41) is 3.45. The molecular weight excluding hydrogens is 575 g/mol. The molecule has 4 atom stereocenters. The molecule has 1 aliphatic heterocycles. The highest BCUT2D eigenvalue weighted by atomic mass is 19.4. The zero-order valence-electron chi connectivity index (χ0n) is 24.8. The van der Waals surface area contributed by atoms with Crippen LogP contribution in [0.25, 0.3) is 0 Å². The van der Waals surface area contributed by atoms with E-state index in [4.69, 9.17) is 4.74 Å². The molecule has 0 amide bonds. The van der Waals surface area contributed by atoms with Gasteiger partial charge in [0.05, 0.1) is 24.2 Å². The molecule has 0 aromatic carbocycles. The Hall–Kier alpha value is -2.46. The molecule has 0 radical (unpaired) electrons. The summed E-state index contributed by atoms with van der Waals surface area (Å²) in [7, 11) is 0. The number of ketones is 1. The SMILES string of the molecule is C=C/C(F)=C\C=C\C(CCC)NCC(=C)CC1CCCC(CC(=O)CCCC2=CC(C(F)(F)F)=CC(C(F)(F)F)C2)OC1. The number of carbonyl (C=O) groups is 1. The lowest BCUT2D eigenvalue weighted by Crippen LogP contribution is -2.29. The van der Waals surface area contributed by atoms with Crippen molar-refractivity contribution < 1.29 is 40.3 Å². The molecule has 4 unspecified atom stereocenters. The molecule has 0 aromatic heterocycles. The second-order valence-corrected chi connectivity index (χ2v) is 11.5. The van der Waals surface area contributed by atoms with Crippen LogP contribution in [0.4, 0.5) is 30.7 Å². The Balaban J connectivity index is 1.76. The number of carbonyl (C=O) groups excluding carboxylic acids is 1. The molecule has 3 nitrogen and oxygen atoms in total. The van der Waals surface area contributed by atoms with Crippen molar-refractivity contribution in [2.75, 3.05) is 13.2 Å². The Labute approximate surface area is 250 Å². The first-order valence-electron chi connectivity index (χ1n) is 15.0. The summed E-state index contributed by atoms with van der Waals surface area (Å²) in [6.07, 6.45) is 2.33. The quantitative estimate of drug-likeness (QED) is 0.106. The Kier molecular flexibility index (Phi) is 15.2. The van der Waals surface area contributed by atoms with E-state index in [1.807, 2.05) is 6.08 Å². The topological polar surface area (TPSA) is 38.3 Å². The molecule has 10 heteroatoms. The predicted octanol–water partition coefficient (Wildman–Crippen LogP) is 9.60. The third-order valence-electron chi connectivity index (χ3n) is 7.67. The summed E-state index contributed by atoms with van der Waals surface area (Å²) < 4.78 is 98.1. The molecule has 242 valence electrons.